The minimum atomic E-state index is -3.68. The van der Waals surface area contributed by atoms with Gasteiger partial charge in [0.05, 0.1) is 0 Å². The molecule has 2 N–H and O–H groups in total. The van der Waals surface area contributed by atoms with Crippen molar-refractivity contribution < 1.29 is 13.2 Å². The second-order valence-electron chi connectivity index (χ2n) is 5.51. The predicted octanol–water partition coefficient (Wildman–Crippen LogP) is 1.60. The minimum absolute atomic E-state index is 0.151. The Kier molecular flexibility index (Phi) is 5.22. The SMILES string of the molecule is CC[C@@H](C)NS(=O)(=O)c1nnc(NC(=O)C(C)(C)C)s1. The van der Waals surface area contributed by atoms with Crippen LogP contribution in [-0.2, 0) is 14.8 Å². The predicted molar refractivity (Wildman–Crippen MR) is 78.1 cm³/mol. The summed E-state index contributed by atoms with van der Waals surface area (Å²) >= 11 is 0.832. The van der Waals surface area contributed by atoms with E-state index in [0.29, 0.717) is 6.42 Å². The standard InChI is InChI=1S/C11H20N4O3S2/c1-6-7(2)15-20(17,18)10-14-13-9(19-10)12-8(16)11(3,4)5/h7,15H,6H2,1-5H3,(H,12,13,16)/t7-/m1/s1. The molecule has 1 aromatic heterocycles. The third-order valence-electron chi connectivity index (χ3n) is 2.51. The smallest absolute Gasteiger partial charge is 0.270 e. The molecule has 0 bridgehead atoms. The zero-order valence-corrected chi connectivity index (χ0v) is 13.9. The van der Waals surface area contributed by atoms with Crippen LogP contribution in [0.4, 0.5) is 5.13 Å². The first-order valence-corrected chi connectivity index (χ1v) is 8.53. The van der Waals surface area contributed by atoms with Crippen LogP contribution in [0, 0.1) is 5.41 Å². The van der Waals surface area contributed by atoms with Gasteiger partial charge in [-0.1, -0.05) is 39.0 Å². The topological polar surface area (TPSA) is 101 Å². The fourth-order valence-corrected chi connectivity index (χ4v) is 3.29. The molecular weight excluding hydrogens is 300 g/mol. The van der Waals surface area contributed by atoms with Gasteiger partial charge in [0.2, 0.25) is 15.4 Å². The lowest BCUT2D eigenvalue weighted by Crippen LogP contribution is -2.31. The Morgan fingerprint density at radius 3 is 2.45 bits per heavy atom. The number of aromatic nitrogens is 2. The molecule has 9 heteroatoms. The fourth-order valence-electron chi connectivity index (χ4n) is 1.05. The van der Waals surface area contributed by atoms with Gasteiger partial charge in [0.1, 0.15) is 0 Å². The third kappa shape index (κ3) is 4.50. The number of nitrogens with one attached hydrogen (secondary N) is 2. The van der Waals surface area contributed by atoms with Crippen LogP contribution < -0.4 is 10.0 Å². The zero-order chi connectivity index (χ0) is 15.6. The van der Waals surface area contributed by atoms with Gasteiger partial charge in [0.15, 0.2) is 0 Å². The van der Waals surface area contributed by atoms with Gasteiger partial charge in [-0.3, -0.25) is 4.79 Å². The van der Waals surface area contributed by atoms with Gasteiger partial charge < -0.3 is 5.32 Å². The molecule has 0 aromatic carbocycles. The van der Waals surface area contributed by atoms with Crippen molar-refractivity contribution in [1.29, 1.82) is 0 Å². The van der Waals surface area contributed by atoms with Gasteiger partial charge in [-0.2, -0.15) is 0 Å². The quantitative estimate of drug-likeness (QED) is 0.802. The Hall–Kier alpha value is -1.06. The molecule has 7 nitrogen and oxygen atoms in total. The lowest BCUT2D eigenvalue weighted by Gasteiger charge is -2.15. The van der Waals surface area contributed by atoms with E-state index in [1.807, 2.05) is 6.92 Å². The zero-order valence-electron chi connectivity index (χ0n) is 12.2. The van der Waals surface area contributed by atoms with Gasteiger partial charge in [-0.25, -0.2) is 13.1 Å². The normalized spacial score (nSPS) is 14.1. The van der Waals surface area contributed by atoms with Crippen molar-refractivity contribution in [3.05, 3.63) is 0 Å². The first-order valence-electron chi connectivity index (χ1n) is 6.23. The molecule has 0 aliphatic heterocycles. The molecule has 1 rings (SSSR count). The first kappa shape index (κ1) is 17.0. The second kappa shape index (κ2) is 6.15. The maximum Gasteiger partial charge on any atom is 0.270 e. The number of hydrogen-bond donors (Lipinski definition) is 2. The highest BCUT2D eigenvalue weighted by Crippen LogP contribution is 2.23. The van der Waals surface area contributed by atoms with E-state index in [9.17, 15) is 13.2 Å². The Bertz CT molecular complexity index is 575. The lowest BCUT2D eigenvalue weighted by atomic mass is 9.96. The van der Waals surface area contributed by atoms with E-state index in [0.717, 1.165) is 11.3 Å². The molecule has 0 aliphatic rings. The number of sulfonamides is 1. The van der Waals surface area contributed by atoms with Crippen LogP contribution in [0.1, 0.15) is 41.0 Å². The summed E-state index contributed by atoms with van der Waals surface area (Å²) in [5, 5.41) is 10.0. The number of carbonyl (C=O) groups is 1. The van der Waals surface area contributed by atoms with E-state index in [2.05, 4.69) is 20.2 Å². The molecule has 1 atom stereocenters. The van der Waals surface area contributed by atoms with Crippen molar-refractivity contribution in [2.24, 2.45) is 5.41 Å². The van der Waals surface area contributed by atoms with Crippen LogP contribution in [0.15, 0.2) is 4.34 Å². The number of rotatable bonds is 5. The summed E-state index contributed by atoms with van der Waals surface area (Å²) in [7, 11) is -3.68. The van der Waals surface area contributed by atoms with E-state index in [4.69, 9.17) is 0 Å². The van der Waals surface area contributed by atoms with Crippen LogP contribution in [0.5, 0.6) is 0 Å². The molecule has 0 radical (unpaired) electrons. The Labute approximate surface area is 123 Å². The van der Waals surface area contributed by atoms with Crippen LogP contribution >= 0.6 is 11.3 Å². The summed E-state index contributed by atoms with van der Waals surface area (Å²) in [4.78, 5) is 11.8. The summed E-state index contributed by atoms with van der Waals surface area (Å²) in [5.74, 6) is -0.243. The highest BCUT2D eigenvalue weighted by atomic mass is 32.2. The maximum absolute atomic E-state index is 12.0. The van der Waals surface area contributed by atoms with Crippen LogP contribution in [-0.4, -0.2) is 30.6 Å². The van der Waals surface area contributed by atoms with Gasteiger partial charge in [-0.15, -0.1) is 10.2 Å². The molecule has 114 valence electrons. The van der Waals surface area contributed by atoms with Crippen molar-refractivity contribution in [3.8, 4) is 0 Å². The number of amides is 1. The number of nitrogens with zero attached hydrogens (tertiary/aromatic N) is 2. The summed E-state index contributed by atoms with van der Waals surface area (Å²) in [5.41, 5.74) is -0.584. The molecule has 1 amide bonds. The summed E-state index contributed by atoms with van der Waals surface area (Å²) in [6, 6.07) is -0.184. The van der Waals surface area contributed by atoms with Gasteiger partial charge in [-0.05, 0) is 13.3 Å². The van der Waals surface area contributed by atoms with E-state index in [1.54, 1.807) is 27.7 Å². The van der Waals surface area contributed by atoms with E-state index >= 15 is 0 Å². The van der Waals surface area contributed by atoms with Gasteiger partial charge in [0.25, 0.3) is 10.0 Å². The molecular formula is C11H20N4O3S2. The molecule has 0 fully saturated rings. The van der Waals surface area contributed by atoms with Crippen LogP contribution in [0.25, 0.3) is 0 Å². The summed E-state index contributed by atoms with van der Waals surface area (Å²) in [6.07, 6.45) is 0.672. The van der Waals surface area contributed by atoms with Gasteiger partial charge in [0, 0.05) is 11.5 Å². The molecule has 1 aromatic rings. The van der Waals surface area contributed by atoms with Crippen molar-refractivity contribution >= 4 is 32.4 Å². The monoisotopic (exact) mass is 320 g/mol. The van der Waals surface area contributed by atoms with Crippen molar-refractivity contribution in [2.75, 3.05) is 5.32 Å². The molecule has 0 unspecified atom stereocenters. The third-order valence-corrected chi connectivity index (χ3v) is 5.30. The average Bonchev–Trinajstić information content (AvgIpc) is 2.76. The van der Waals surface area contributed by atoms with Crippen molar-refractivity contribution in [1.82, 2.24) is 14.9 Å². The van der Waals surface area contributed by atoms with Crippen LogP contribution in [0.3, 0.4) is 0 Å². The van der Waals surface area contributed by atoms with E-state index < -0.39 is 15.4 Å². The highest BCUT2D eigenvalue weighted by molar-refractivity contribution is 7.91. The fraction of sp³-hybridized carbons (Fsp3) is 0.727. The molecule has 1 heterocycles. The number of hydrogen-bond acceptors (Lipinski definition) is 6. The minimum Gasteiger partial charge on any atom is -0.300 e. The van der Waals surface area contributed by atoms with E-state index in [1.165, 1.54) is 0 Å². The van der Waals surface area contributed by atoms with Crippen LogP contribution in [0.2, 0.25) is 0 Å². The Morgan fingerprint density at radius 2 is 1.95 bits per heavy atom. The maximum atomic E-state index is 12.0. The van der Waals surface area contributed by atoms with Crippen molar-refractivity contribution in [2.45, 2.75) is 51.4 Å². The molecule has 20 heavy (non-hydrogen) atoms. The number of carbonyl (C=O) groups excluding carboxylic acids is 1. The Morgan fingerprint density at radius 1 is 1.35 bits per heavy atom. The average molecular weight is 320 g/mol. The molecule has 0 spiro atoms. The Balaban J connectivity index is 2.85. The van der Waals surface area contributed by atoms with E-state index in [-0.39, 0.29) is 21.4 Å². The largest absolute Gasteiger partial charge is 0.300 e. The summed E-state index contributed by atoms with van der Waals surface area (Å²) in [6.45, 7) is 8.91. The lowest BCUT2D eigenvalue weighted by molar-refractivity contribution is -0.123. The first-order chi connectivity index (χ1) is 9.06. The second-order valence-corrected chi connectivity index (χ2v) is 8.37. The molecule has 0 saturated carbocycles. The summed E-state index contributed by atoms with van der Waals surface area (Å²) < 4.78 is 26.3. The molecule has 0 saturated heterocycles. The van der Waals surface area contributed by atoms with Gasteiger partial charge >= 0.3 is 0 Å². The highest BCUT2D eigenvalue weighted by Gasteiger charge is 2.25. The molecule has 0 aliphatic carbocycles. The van der Waals surface area contributed by atoms with Crippen molar-refractivity contribution in [3.63, 3.8) is 0 Å². The number of anilines is 1.